The number of fused-ring (bicyclic) bond motifs is 1. The van der Waals surface area contributed by atoms with E-state index in [-0.39, 0.29) is 18.4 Å². The number of rotatable bonds is 1. The topological polar surface area (TPSA) is 49.4 Å². The molecular weight excluding hydrogens is 260 g/mol. The predicted octanol–water partition coefficient (Wildman–Crippen LogP) is 1.86. The second-order valence-electron chi connectivity index (χ2n) is 4.58. The van der Waals surface area contributed by atoms with E-state index in [0.29, 0.717) is 18.7 Å². The summed E-state index contributed by atoms with van der Waals surface area (Å²) in [7, 11) is 0. The number of nitrogens with one attached hydrogen (secondary N) is 1. The van der Waals surface area contributed by atoms with Crippen LogP contribution in [-0.2, 0) is 4.79 Å². The van der Waals surface area contributed by atoms with Gasteiger partial charge < -0.3 is 10.2 Å². The third-order valence-corrected chi connectivity index (χ3v) is 4.22. The molecule has 1 fully saturated rings. The number of carbonyl (C=O) groups excluding carboxylic acids is 2. The van der Waals surface area contributed by atoms with Gasteiger partial charge in [0.05, 0.1) is 12.1 Å². The molecule has 1 saturated heterocycles. The molecule has 1 aliphatic rings. The lowest BCUT2D eigenvalue weighted by molar-refractivity contribution is -0.121. The van der Waals surface area contributed by atoms with E-state index >= 15 is 0 Å². The zero-order valence-electron chi connectivity index (χ0n) is 10.4. The molecule has 3 rings (SSSR count). The maximum Gasteiger partial charge on any atom is 0.255 e. The van der Waals surface area contributed by atoms with Gasteiger partial charge in [0.2, 0.25) is 5.91 Å². The molecule has 1 aromatic heterocycles. The summed E-state index contributed by atoms with van der Waals surface area (Å²) in [6.45, 7) is 1.43. The van der Waals surface area contributed by atoms with Crippen molar-refractivity contribution in [1.29, 1.82) is 0 Å². The first kappa shape index (κ1) is 12.2. The molecule has 0 aliphatic carbocycles. The molecule has 2 amide bonds. The highest BCUT2D eigenvalue weighted by Gasteiger charge is 2.22. The number of carbonyl (C=O) groups is 2. The van der Waals surface area contributed by atoms with Crippen molar-refractivity contribution in [3.05, 3.63) is 35.2 Å². The second-order valence-corrected chi connectivity index (χ2v) is 5.49. The fraction of sp³-hybridized carbons (Fsp3) is 0.286. The third kappa shape index (κ3) is 2.33. The van der Waals surface area contributed by atoms with Crippen molar-refractivity contribution in [2.45, 2.75) is 6.42 Å². The van der Waals surface area contributed by atoms with Gasteiger partial charge in [0, 0.05) is 28.6 Å². The van der Waals surface area contributed by atoms with Gasteiger partial charge in [0.25, 0.3) is 5.91 Å². The smallest absolute Gasteiger partial charge is 0.255 e. The van der Waals surface area contributed by atoms with Crippen molar-refractivity contribution in [3.8, 4) is 0 Å². The molecule has 1 aromatic carbocycles. The van der Waals surface area contributed by atoms with Crippen LogP contribution in [0.25, 0.3) is 10.1 Å². The number of amides is 2. The van der Waals surface area contributed by atoms with Gasteiger partial charge in [-0.1, -0.05) is 18.2 Å². The van der Waals surface area contributed by atoms with E-state index in [1.54, 1.807) is 16.2 Å². The van der Waals surface area contributed by atoms with Gasteiger partial charge in [-0.05, 0) is 12.5 Å². The van der Waals surface area contributed by atoms with Crippen molar-refractivity contribution in [2.75, 3.05) is 19.6 Å². The minimum Gasteiger partial charge on any atom is -0.354 e. The van der Waals surface area contributed by atoms with Crippen molar-refractivity contribution < 1.29 is 9.59 Å². The summed E-state index contributed by atoms with van der Waals surface area (Å²) in [4.78, 5) is 25.7. The number of benzene rings is 1. The Morgan fingerprint density at radius 1 is 1.32 bits per heavy atom. The molecule has 1 N–H and O–H groups in total. The van der Waals surface area contributed by atoms with E-state index in [4.69, 9.17) is 0 Å². The maximum atomic E-state index is 12.5. The minimum absolute atomic E-state index is 0.0468. The van der Waals surface area contributed by atoms with Crippen molar-refractivity contribution >= 4 is 33.2 Å². The normalized spacial score (nSPS) is 16.2. The largest absolute Gasteiger partial charge is 0.354 e. The van der Waals surface area contributed by atoms with Crippen LogP contribution in [0.1, 0.15) is 16.8 Å². The van der Waals surface area contributed by atoms with Gasteiger partial charge in [-0.2, -0.15) is 0 Å². The number of thiophene rings is 1. The van der Waals surface area contributed by atoms with Crippen LogP contribution in [0, 0.1) is 0 Å². The SMILES string of the molecule is O=C1CN(C(=O)c2csc3ccccc23)CCCN1. The molecule has 98 valence electrons. The first-order chi connectivity index (χ1) is 9.25. The molecule has 4 nitrogen and oxygen atoms in total. The Morgan fingerprint density at radius 3 is 3.05 bits per heavy atom. The highest BCUT2D eigenvalue weighted by atomic mass is 32.1. The van der Waals surface area contributed by atoms with Crippen LogP contribution in [0.2, 0.25) is 0 Å². The second kappa shape index (κ2) is 5.01. The van der Waals surface area contributed by atoms with E-state index in [1.807, 2.05) is 29.6 Å². The fourth-order valence-corrected chi connectivity index (χ4v) is 3.23. The highest BCUT2D eigenvalue weighted by molar-refractivity contribution is 7.17. The molecule has 0 bridgehead atoms. The summed E-state index contributed by atoms with van der Waals surface area (Å²) in [5, 5.41) is 5.64. The van der Waals surface area contributed by atoms with Crippen LogP contribution in [0.4, 0.5) is 0 Å². The predicted molar refractivity (Wildman–Crippen MR) is 75.4 cm³/mol. The van der Waals surface area contributed by atoms with Gasteiger partial charge >= 0.3 is 0 Å². The van der Waals surface area contributed by atoms with Gasteiger partial charge in [-0.15, -0.1) is 11.3 Å². The van der Waals surface area contributed by atoms with Gasteiger partial charge in [0.1, 0.15) is 0 Å². The molecule has 0 saturated carbocycles. The van der Waals surface area contributed by atoms with E-state index in [2.05, 4.69) is 5.32 Å². The Balaban J connectivity index is 1.92. The number of hydrogen-bond donors (Lipinski definition) is 1. The van der Waals surface area contributed by atoms with Crippen molar-refractivity contribution in [2.24, 2.45) is 0 Å². The Morgan fingerprint density at radius 2 is 2.16 bits per heavy atom. The molecule has 1 aliphatic heterocycles. The molecule has 0 radical (unpaired) electrons. The average Bonchev–Trinajstić information content (AvgIpc) is 2.73. The summed E-state index contributed by atoms with van der Waals surface area (Å²) in [6.07, 6.45) is 0.805. The number of hydrogen-bond acceptors (Lipinski definition) is 3. The Labute approximate surface area is 115 Å². The molecular formula is C14H14N2O2S. The third-order valence-electron chi connectivity index (χ3n) is 3.26. The lowest BCUT2D eigenvalue weighted by Crippen LogP contribution is -2.37. The van der Waals surface area contributed by atoms with E-state index in [1.165, 1.54) is 0 Å². The summed E-state index contributed by atoms with van der Waals surface area (Å²) in [5.74, 6) is -0.125. The minimum atomic E-state index is -0.0783. The zero-order chi connectivity index (χ0) is 13.2. The summed E-state index contributed by atoms with van der Waals surface area (Å²) < 4.78 is 1.10. The Hall–Kier alpha value is -1.88. The molecule has 2 aromatic rings. The molecule has 5 heteroatoms. The first-order valence-corrected chi connectivity index (χ1v) is 7.16. The van der Waals surface area contributed by atoms with Crippen LogP contribution < -0.4 is 5.32 Å². The van der Waals surface area contributed by atoms with Gasteiger partial charge in [0.15, 0.2) is 0 Å². The van der Waals surface area contributed by atoms with Crippen LogP contribution in [0.3, 0.4) is 0 Å². The fourth-order valence-electron chi connectivity index (χ4n) is 2.29. The molecule has 0 atom stereocenters. The summed E-state index contributed by atoms with van der Waals surface area (Å²) in [5.41, 5.74) is 0.704. The molecule has 2 heterocycles. The van der Waals surface area contributed by atoms with Gasteiger partial charge in [-0.25, -0.2) is 0 Å². The van der Waals surface area contributed by atoms with Crippen LogP contribution >= 0.6 is 11.3 Å². The quantitative estimate of drug-likeness (QED) is 0.863. The van der Waals surface area contributed by atoms with E-state index < -0.39 is 0 Å². The van der Waals surface area contributed by atoms with Gasteiger partial charge in [-0.3, -0.25) is 9.59 Å². The van der Waals surface area contributed by atoms with Crippen LogP contribution in [-0.4, -0.2) is 36.3 Å². The zero-order valence-corrected chi connectivity index (χ0v) is 11.2. The molecule has 0 unspecified atom stereocenters. The van der Waals surface area contributed by atoms with Crippen molar-refractivity contribution in [3.63, 3.8) is 0 Å². The highest BCUT2D eigenvalue weighted by Crippen LogP contribution is 2.26. The van der Waals surface area contributed by atoms with Crippen LogP contribution in [0.5, 0.6) is 0 Å². The van der Waals surface area contributed by atoms with E-state index in [0.717, 1.165) is 16.5 Å². The lowest BCUT2D eigenvalue weighted by atomic mass is 10.1. The Bertz CT molecular complexity index is 635. The first-order valence-electron chi connectivity index (χ1n) is 6.28. The van der Waals surface area contributed by atoms with Crippen LogP contribution in [0.15, 0.2) is 29.6 Å². The summed E-state index contributed by atoms with van der Waals surface area (Å²) >= 11 is 1.56. The molecule has 0 spiro atoms. The lowest BCUT2D eigenvalue weighted by Gasteiger charge is -2.18. The average molecular weight is 274 g/mol. The van der Waals surface area contributed by atoms with Crippen molar-refractivity contribution in [1.82, 2.24) is 10.2 Å². The standard InChI is InChI=1S/C14H14N2O2S/c17-13-8-16(7-3-6-15-13)14(18)11-9-19-12-5-2-1-4-10(11)12/h1-2,4-5,9H,3,6-8H2,(H,15,17). The maximum absolute atomic E-state index is 12.5. The van der Waals surface area contributed by atoms with E-state index in [9.17, 15) is 9.59 Å². The molecule has 19 heavy (non-hydrogen) atoms. The number of nitrogens with zero attached hydrogens (tertiary/aromatic N) is 1. The Kier molecular flexibility index (Phi) is 3.21. The summed E-state index contributed by atoms with van der Waals surface area (Å²) in [6, 6.07) is 7.86. The monoisotopic (exact) mass is 274 g/mol.